The lowest BCUT2D eigenvalue weighted by atomic mass is 10.2. The highest BCUT2D eigenvalue weighted by molar-refractivity contribution is 5.98. The third-order valence-electron chi connectivity index (χ3n) is 2.58. The van der Waals surface area contributed by atoms with Gasteiger partial charge in [0.1, 0.15) is 11.5 Å². The van der Waals surface area contributed by atoms with Crippen molar-refractivity contribution in [1.29, 1.82) is 0 Å². The molecule has 1 aromatic heterocycles. The van der Waals surface area contributed by atoms with Crippen LogP contribution in [0.3, 0.4) is 0 Å². The first-order valence-electron chi connectivity index (χ1n) is 5.16. The molecule has 0 aliphatic carbocycles. The molecule has 0 bridgehead atoms. The quantitative estimate of drug-likeness (QED) is 0.826. The van der Waals surface area contributed by atoms with Gasteiger partial charge < -0.3 is 9.88 Å². The van der Waals surface area contributed by atoms with Crippen LogP contribution >= 0.6 is 0 Å². The van der Waals surface area contributed by atoms with E-state index < -0.39 is 0 Å². The molecule has 1 amide bonds. The summed E-state index contributed by atoms with van der Waals surface area (Å²) in [6, 6.07) is 6.26. The first-order chi connectivity index (χ1) is 7.63. The molecule has 16 heavy (non-hydrogen) atoms. The molecule has 2 aromatic rings. The van der Waals surface area contributed by atoms with E-state index >= 15 is 0 Å². The molecule has 0 unspecified atom stereocenters. The first-order valence-corrected chi connectivity index (χ1v) is 5.16. The number of nitrogens with one attached hydrogen (secondary N) is 1. The average molecular weight is 220 g/mol. The zero-order valence-corrected chi connectivity index (χ0v) is 9.25. The summed E-state index contributed by atoms with van der Waals surface area (Å²) in [5.74, 6) is -0.433. The number of halogens is 1. The van der Waals surface area contributed by atoms with E-state index in [0.717, 1.165) is 10.9 Å². The van der Waals surface area contributed by atoms with Crippen LogP contribution in [0.25, 0.3) is 10.9 Å². The number of aromatic nitrogens is 1. The number of nitrogens with zero attached hydrogens (tertiary/aromatic N) is 1. The summed E-state index contributed by atoms with van der Waals surface area (Å²) >= 11 is 0. The summed E-state index contributed by atoms with van der Waals surface area (Å²) in [5, 5.41) is 3.59. The zero-order chi connectivity index (χ0) is 11.7. The fourth-order valence-corrected chi connectivity index (χ4v) is 1.77. The molecule has 2 rings (SSSR count). The molecule has 0 saturated heterocycles. The molecule has 1 N–H and O–H groups in total. The SMILES string of the molecule is CCNC(=O)c1cc2ccc(F)cc2n1C. The summed E-state index contributed by atoms with van der Waals surface area (Å²) in [6.45, 7) is 2.44. The maximum Gasteiger partial charge on any atom is 0.267 e. The Labute approximate surface area is 92.9 Å². The van der Waals surface area contributed by atoms with Gasteiger partial charge in [-0.2, -0.15) is 0 Å². The fourth-order valence-electron chi connectivity index (χ4n) is 1.77. The van der Waals surface area contributed by atoms with Crippen LogP contribution in [0.15, 0.2) is 24.3 Å². The van der Waals surface area contributed by atoms with Gasteiger partial charge in [-0.25, -0.2) is 4.39 Å². The number of rotatable bonds is 2. The molecule has 0 saturated carbocycles. The molecular formula is C12H13FN2O. The van der Waals surface area contributed by atoms with Crippen molar-refractivity contribution >= 4 is 16.8 Å². The second kappa shape index (κ2) is 3.96. The Morgan fingerprint density at radius 2 is 2.19 bits per heavy atom. The minimum absolute atomic E-state index is 0.137. The van der Waals surface area contributed by atoms with Crippen LogP contribution < -0.4 is 5.32 Å². The van der Waals surface area contributed by atoms with Crippen LogP contribution in [-0.4, -0.2) is 17.0 Å². The predicted molar refractivity (Wildman–Crippen MR) is 60.9 cm³/mol. The largest absolute Gasteiger partial charge is 0.351 e. The van der Waals surface area contributed by atoms with Gasteiger partial charge in [-0.3, -0.25) is 4.79 Å². The molecule has 0 radical (unpaired) electrons. The molecule has 3 nitrogen and oxygen atoms in total. The van der Waals surface area contributed by atoms with Crippen molar-refractivity contribution in [2.45, 2.75) is 6.92 Å². The van der Waals surface area contributed by atoms with Crippen molar-refractivity contribution in [3.63, 3.8) is 0 Å². The average Bonchev–Trinajstić information content (AvgIpc) is 2.57. The summed E-state index contributed by atoms with van der Waals surface area (Å²) in [5.41, 5.74) is 1.27. The molecule has 0 spiro atoms. The molecule has 0 atom stereocenters. The highest BCUT2D eigenvalue weighted by Crippen LogP contribution is 2.19. The van der Waals surface area contributed by atoms with Crippen LogP contribution in [0.4, 0.5) is 4.39 Å². The van der Waals surface area contributed by atoms with Crippen LogP contribution in [0.5, 0.6) is 0 Å². The van der Waals surface area contributed by atoms with Crippen LogP contribution in [0, 0.1) is 5.82 Å². The highest BCUT2D eigenvalue weighted by atomic mass is 19.1. The lowest BCUT2D eigenvalue weighted by Gasteiger charge is -2.03. The molecule has 1 heterocycles. The monoisotopic (exact) mass is 220 g/mol. The number of benzene rings is 1. The van der Waals surface area contributed by atoms with Crippen LogP contribution in [0.1, 0.15) is 17.4 Å². The predicted octanol–water partition coefficient (Wildman–Crippen LogP) is 2.07. The van der Waals surface area contributed by atoms with Gasteiger partial charge in [0.15, 0.2) is 0 Å². The third-order valence-corrected chi connectivity index (χ3v) is 2.58. The Balaban J connectivity index is 2.56. The summed E-state index contributed by atoms with van der Waals surface area (Å²) in [4.78, 5) is 11.7. The molecular weight excluding hydrogens is 207 g/mol. The topological polar surface area (TPSA) is 34.0 Å². The normalized spacial score (nSPS) is 10.7. The Kier molecular flexibility index (Phi) is 2.64. The van der Waals surface area contributed by atoms with E-state index in [4.69, 9.17) is 0 Å². The Morgan fingerprint density at radius 1 is 1.44 bits per heavy atom. The van der Waals surface area contributed by atoms with E-state index in [2.05, 4.69) is 5.32 Å². The second-order valence-electron chi connectivity index (χ2n) is 3.65. The van der Waals surface area contributed by atoms with E-state index in [-0.39, 0.29) is 11.7 Å². The molecule has 4 heteroatoms. The summed E-state index contributed by atoms with van der Waals surface area (Å²) in [6.07, 6.45) is 0. The van der Waals surface area contributed by atoms with Crippen molar-refractivity contribution < 1.29 is 9.18 Å². The van der Waals surface area contributed by atoms with Crippen LogP contribution in [0.2, 0.25) is 0 Å². The van der Waals surface area contributed by atoms with Gasteiger partial charge in [-0.1, -0.05) is 0 Å². The van der Waals surface area contributed by atoms with Gasteiger partial charge in [-0.15, -0.1) is 0 Å². The number of fused-ring (bicyclic) bond motifs is 1. The number of aryl methyl sites for hydroxylation is 1. The van der Waals surface area contributed by atoms with E-state index in [1.54, 1.807) is 23.7 Å². The summed E-state index contributed by atoms with van der Waals surface area (Å²) < 4.78 is 14.8. The van der Waals surface area contributed by atoms with Gasteiger partial charge in [-0.05, 0) is 31.2 Å². The Hall–Kier alpha value is -1.84. The number of hydrogen-bond donors (Lipinski definition) is 1. The van der Waals surface area contributed by atoms with E-state index in [1.807, 2.05) is 6.92 Å². The maximum absolute atomic E-state index is 13.1. The van der Waals surface area contributed by atoms with Crippen molar-refractivity contribution in [2.24, 2.45) is 7.05 Å². The number of carbonyl (C=O) groups is 1. The molecule has 0 aliphatic heterocycles. The smallest absolute Gasteiger partial charge is 0.267 e. The zero-order valence-electron chi connectivity index (χ0n) is 9.25. The van der Waals surface area contributed by atoms with Crippen molar-refractivity contribution in [1.82, 2.24) is 9.88 Å². The van der Waals surface area contributed by atoms with Gasteiger partial charge in [0.2, 0.25) is 0 Å². The third kappa shape index (κ3) is 1.66. The number of carbonyl (C=O) groups excluding carboxylic acids is 1. The molecule has 0 aliphatic rings. The summed E-state index contributed by atoms with van der Waals surface area (Å²) in [7, 11) is 1.76. The van der Waals surface area contributed by atoms with Gasteiger partial charge in [0.25, 0.3) is 5.91 Å². The lowest BCUT2D eigenvalue weighted by Crippen LogP contribution is -2.24. The van der Waals surface area contributed by atoms with Gasteiger partial charge in [0, 0.05) is 19.0 Å². The highest BCUT2D eigenvalue weighted by Gasteiger charge is 2.12. The van der Waals surface area contributed by atoms with E-state index in [0.29, 0.717) is 12.2 Å². The van der Waals surface area contributed by atoms with Crippen molar-refractivity contribution in [3.8, 4) is 0 Å². The minimum Gasteiger partial charge on any atom is -0.351 e. The molecule has 84 valence electrons. The standard InChI is InChI=1S/C12H13FN2O/c1-3-14-12(16)11-6-8-4-5-9(13)7-10(8)15(11)2/h4-7H,3H2,1-2H3,(H,14,16). The fraction of sp³-hybridized carbons (Fsp3) is 0.250. The lowest BCUT2D eigenvalue weighted by molar-refractivity contribution is 0.0948. The van der Waals surface area contributed by atoms with Crippen LogP contribution in [-0.2, 0) is 7.05 Å². The van der Waals surface area contributed by atoms with Crippen molar-refractivity contribution in [3.05, 3.63) is 35.8 Å². The minimum atomic E-state index is -0.295. The van der Waals surface area contributed by atoms with Gasteiger partial charge >= 0.3 is 0 Å². The van der Waals surface area contributed by atoms with E-state index in [1.165, 1.54) is 12.1 Å². The maximum atomic E-state index is 13.1. The molecule has 1 aromatic carbocycles. The Morgan fingerprint density at radius 3 is 2.88 bits per heavy atom. The molecule has 0 fully saturated rings. The number of hydrogen-bond acceptors (Lipinski definition) is 1. The number of amides is 1. The van der Waals surface area contributed by atoms with E-state index in [9.17, 15) is 9.18 Å². The second-order valence-corrected chi connectivity index (χ2v) is 3.65. The first kappa shape index (κ1) is 10.7. The van der Waals surface area contributed by atoms with Crippen molar-refractivity contribution in [2.75, 3.05) is 6.54 Å². The van der Waals surface area contributed by atoms with Gasteiger partial charge in [0.05, 0.1) is 5.52 Å². The Bertz CT molecular complexity index is 545.